The Balaban J connectivity index is 0.000000273. The minimum atomic E-state index is -4.33. The number of aromatic nitrogens is 1. The van der Waals surface area contributed by atoms with E-state index < -0.39 is 35.6 Å². The van der Waals surface area contributed by atoms with Crippen LogP contribution in [0.25, 0.3) is 0 Å². The Labute approximate surface area is 150 Å². The normalized spacial score (nSPS) is 17.3. The van der Waals surface area contributed by atoms with E-state index in [4.69, 9.17) is 9.84 Å². The summed E-state index contributed by atoms with van der Waals surface area (Å²) in [5.74, 6) is -0.960. The van der Waals surface area contributed by atoms with Gasteiger partial charge in [0.05, 0.1) is 0 Å². The van der Waals surface area contributed by atoms with Crippen LogP contribution in [0.2, 0.25) is 0 Å². The fourth-order valence-corrected chi connectivity index (χ4v) is 2.20. The van der Waals surface area contributed by atoms with Gasteiger partial charge >= 0.3 is 18.2 Å². The summed E-state index contributed by atoms with van der Waals surface area (Å²) in [7, 11) is 0. The summed E-state index contributed by atoms with van der Waals surface area (Å²) in [6, 6.07) is 1.63. The Hall–Kier alpha value is -2.32. The predicted molar refractivity (Wildman–Crippen MR) is 87.6 cm³/mol. The summed E-state index contributed by atoms with van der Waals surface area (Å²) in [5, 5.41) is 8.88. The van der Waals surface area contributed by atoms with E-state index in [0.717, 1.165) is 18.1 Å². The van der Waals surface area contributed by atoms with Crippen molar-refractivity contribution in [2.24, 2.45) is 0 Å². The molecule has 1 unspecified atom stereocenters. The number of hydrogen-bond acceptors (Lipinski definition) is 4. The third-order valence-electron chi connectivity index (χ3n) is 3.37. The first-order valence-corrected chi connectivity index (χ1v) is 8.03. The number of aliphatic carboxylic acids is 1. The molecule has 2 rings (SSSR count). The average Bonchev–Trinajstić information content (AvgIpc) is 2.95. The number of likely N-dealkylation sites (tertiary alicyclic amines) is 1. The van der Waals surface area contributed by atoms with E-state index in [1.807, 2.05) is 0 Å². The van der Waals surface area contributed by atoms with Gasteiger partial charge in [-0.05, 0) is 52.2 Å². The maximum Gasteiger partial charge on any atom is 0.433 e. The summed E-state index contributed by atoms with van der Waals surface area (Å²) >= 11 is 0. The SMILES string of the molecule is CC(C)(C)OC(=O)N1CCCC1C(=O)O.Cc1ccc(C(F)(F)F)nc1. The van der Waals surface area contributed by atoms with Crippen molar-refractivity contribution in [1.82, 2.24) is 9.88 Å². The summed E-state index contributed by atoms with van der Waals surface area (Å²) in [6.07, 6.45) is -2.44. The third kappa shape index (κ3) is 6.89. The van der Waals surface area contributed by atoms with Crippen LogP contribution in [0.15, 0.2) is 18.3 Å². The maximum absolute atomic E-state index is 11.9. The minimum Gasteiger partial charge on any atom is -0.480 e. The summed E-state index contributed by atoms with van der Waals surface area (Å²) in [5.41, 5.74) is -0.705. The number of amides is 1. The molecule has 0 saturated carbocycles. The van der Waals surface area contributed by atoms with E-state index >= 15 is 0 Å². The molecule has 1 aromatic heterocycles. The molecule has 9 heteroatoms. The van der Waals surface area contributed by atoms with Crippen LogP contribution < -0.4 is 0 Å². The molecule has 1 saturated heterocycles. The highest BCUT2D eigenvalue weighted by molar-refractivity contribution is 5.80. The zero-order valence-electron chi connectivity index (χ0n) is 15.1. The highest BCUT2D eigenvalue weighted by atomic mass is 19.4. The van der Waals surface area contributed by atoms with Crippen molar-refractivity contribution in [3.05, 3.63) is 29.6 Å². The number of carboxylic acid groups (broad SMARTS) is 1. The fraction of sp³-hybridized carbons (Fsp3) is 0.588. The van der Waals surface area contributed by atoms with Gasteiger partial charge in [-0.3, -0.25) is 9.88 Å². The number of hydrogen-bond donors (Lipinski definition) is 1. The van der Waals surface area contributed by atoms with Crippen LogP contribution in [0.5, 0.6) is 0 Å². The van der Waals surface area contributed by atoms with Crippen LogP contribution in [-0.2, 0) is 15.7 Å². The van der Waals surface area contributed by atoms with Crippen molar-refractivity contribution < 1.29 is 32.6 Å². The van der Waals surface area contributed by atoms with Crippen LogP contribution in [0.3, 0.4) is 0 Å². The number of alkyl halides is 3. The monoisotopic (exact) mass is 376 g/mol. The topological polar surface area (TPSA) is 79.7 Å². The summed E-state index contributed by atoms with van der Waals surface area (Å²) in [4.78, 5) is 27.0. The molecule has 0 radical (unpaired) electrons. The molecule has 26 heavy (non-hydrogen) atoms. The zero-order valence-corrected chi connectivity index (χ0v) is 15.1. The van der Waals surface area contributed by atoms with Crippen molar-refractivity contribution in [1.29, 1.82) is 0 Å². The van der Waals surface area contributed by atoms with E-state index in [9.17, 15) is 22.8 Å². The van der Waals surface area contributed by atoms with E-state index in [-0.39, 0.29) is 0 Å². The molecule has 0 aliphatic carbocycles. The van der Waals surface area contributed by atoms with Gasteiger partial charge in [-0.1, -0.05) is 6.07 Å². The van der Waals surface area contributed by atoms with Crippen LogP contribution in [0.1, 0.15) is 44.9 Å². The van der Waals surface area contributed by atoms with E-state index in [2.05, 4.69) is 4.98 Å². The largest absolute Gasteiger partial charge is 0.480 e. The Morgan fingerprint density at radius 3 is 2.31 bits per heavy atom. The molecule has 1 atom stereocenters. The van der Waals surface area contributed by atoms with Crippen molar-refractivity contribution in [2.45, 2.75) is 58.4 Å². The van der Waals surface area contributed by atoms with Gasteiger partial charge in [0.25, 0.3) is 0 Å². The highest BCUT2D eigenvalue weighted by Crippen LogP contribution is 2.27. The molecule has 2 heterocycles. The Morgan fingerprint density at radius 1 is 1.27 bits per heavy atom. The van der Waals surface area contributed by atoms with Crippen molar-refractivity contribution in [3.8, 4) is 0 Å². The smallest absolute Gasteiger partial charge is 0.433 e. The van der Waals surface area contributed by atoms with Crippen molar-refractivity contribution >= 4 is 12.1 Å². The first-order valence-electron chi connectivity index (χ1n) is 8.03. The number of halogens is 3. The molecule has 1 N–H and O–H groups in total. The first kappa shape index (κ1) is 21.7. The minimum absolute atomic E-state index is 0.464. The predicted octanol–water partition coefficient (Wildman–Crippen LogP) is 3.88. The van der Waals surface area contributed by atoms with Gasteiger partial charge in [0.2, 0.25) is 0 Å². The van der Waals surface area contributed by atoms with E-state index in [1.54, 1.807) is 27.7 Å². The lowest BCUT2D eigenvalue weighted by Crippen LogP contribution is -2.43. The quantitative estimate of drug-likeness (QED) is 0.805. The molecule has 0 spiro atoms. The van der Waals surface area contributed by atoms with Gasteiger partial charge in [0.1, 0.15) is 17.3 Å². The lowest BCUT2D eigenvalue weighted by molar-refractivity contribution is -0.142. The van der Waals surface area contributed by atoms with Crippen molar-refractivity contribution in [3.63, 3.8) is 0 Å². The van der Waals surface area contributed by atoms with E-state index in [1.165, 1.54) is 17.2 Å². The number of carbonyl (C=O) groups is 2. The van der Waals surface area contributed by atoms with Gasteiger partial charge in [0.15, 0.2) is 0 Å². The average molecular weight is 376 g/mol. The number of aryl methyl sites for hydroxylation is 1. The summed E-state index contributed by atoms with van der Waals surface area (Å²) in [6.45, 7) is 7.43. The molecule has 0 bridgehead atoms. The Bertz CT molecular complexity index is 624. The Morgan fingerprint density at radius 2 is 1.88 bits per heavy atom. The van der Waals surface area contributed by atoms with Crippen LogP contribution >= 0.6 is 0 Å². The number of carbonyl (C=O) groups excluding carboxylic acids is 1. The molecule has 1 aromatic rings. The van der Waals surface area contributed by atoms with E-state index in [0.29, 0.717) is 13.0 Å². The molecule has 6 nitrogen and oxygen atoms in total. The number of nitrogens with zero attached hydrogens (tertiary/aromatic N) is 2. The van der Waals surface area contributed by atoms with Gasteiger partial charge in [-0.15, -0.1) is 0 Å². The lowest BCUT2D eigenvalue weighted by Gasteiger charge is -2.26. The number of carboxylic acids is 1. The van der Waals surface area contributed by atoms with Gasteiger partial charge in [-0.25, -0.2) is 9.59 Å². The second-order valence-electron chi connectivity index (χ2n) is 6.89. The number of rotatable bonds is 1. The Kier molecular flexibility index (Phi) is 7.00. The van der Waals surface area contributed by atoms with Crippen LogP contribution in [0, 0.1) is 6.92 Å². The fourth-order valence-electron chi connectivity index (χ4n) is 2.20. The summed E-state index contributed by atoms with van der Waals surface area (Å²) < 4.78 is 40.7. The molecule has 1 fully saturated rings. The molecule has 146 valence electrons. The molecule has 1 amide bonds. The molecular weight excluding hydrogens is 353 g/mol. The second kappa shape index (κ2) is 8.37. The maximum atomic E-state index is 11.9. The second-order valence-corrected chi connectivity index (χ2v) is 6.89. The molecular formula is C17H23F3N2O4. The lowest BCUT2D eigenvalue weighted by atomic mass is 10.2. The number of ether oxygens (including phenoxy) is 1. The molecule has 1 aliphatic heterocycles. The van der Waals surface area contributed by atoms with Crippen LogP contribution in [0.4, 0.5) is 18.0 Å². The van der Waals surface area contributed by atoms with Gasteiger partial charge in [-0.2, -0.15) is 13.2 Å². The standard InChI is InChI=1S/C10H17NO4.C7H6F3N/c1-10(2,3)15-9(14)11-6-4-5-7(11)8(12)13;1-5-2-3-6(11-4-5)7(8,9)10/h7H,4-6H2,1-3H3,(H,12,13);2-4H,1H3. The first-order chi connectivity index (χ1) is 11.8. The van der Waals surface area contributed by atoms with Gasteiger partial charge < -0.3 is 9.84 Å². The molecule has 1 aliphatic rings. The van der Waals surface area contributed by atoms with Crippen LogP contribution in [-0.4, -0.2) is 45.2 Å². The van der Waals surface area contributed by atoms with Gasteiger partial charge in [0, 0.05) is 12.7 Å². The molecule has 0 aromatic carbocycles. The number of pyridine rings is 1. The third-order valence-corrected chi connectivity index (χ3v) is 3.37. The zero-order chi connectivity index (χ0) is 20.1. The highest BCUT2D eigenvalue weighted by Gasteiger charge is 2.36. The van der Waals surface area contributed by atoms with Crippen molar-refractivity contribution in [2.75, 3.05) is 6.54 Å².